The molecule has 0 saturated carbocycles. The van der Waals surface area contributed by atoms with Crippen LogP contribution in [0, 0.1) is 18.8 Å². The Morgan fingerprint density at radius 2 is 2.40 bits per heavy atom. The van der Waals surface area contributed by atoms with Crippen LogP contribution in [0.15, 0.2) is 0 Å². The fraction of sp³-hybridized carbons (Fsp3) is 0.333. The van der Waals surface area contributed by atoms with E-state index in [1.165, 1.54) is 11.3 Å². The van der Waals surface area contributed by atoms with E-state index in [9.17, 15) is 0 Å². The van der Waals surface area contributed by atoms with Gasteiger partial charge in [0.2, 0.25) is 0 Å². The van der Waals surface area contributed by atoms with Crippen LogP contribution in [0.3, 0.4) is 0 Å². The van der Waals surface area contributed by atoms with Crippen molar-refractivity contribution in [3.63, 3.8) is 0 Å². The Bertz CT molecular complexity index is 268. The monoisotopic (exact) mass is 153 g/mol. The van der Waals surface area contributed by atoms with Crippen LogP contribution in [0.2, 0.25) is 0 Å². The fourth-order valence-corrected chi connectivity index (χ4v) is 1.04. The van der Waals surface area contributed by atoms with Gasteiger partial charge in [-0.15, -0.1) is 10.2 Å². The van der Waals surface area contributed by atoms with E-state index in [4.69, 9.17) is 5.73 Å². The maximum atomic E-state index is 5.17. The minimum atomic E-state index is 0.374. The predicted octanol–water partition coefficient (Wildman–Crippen LogP) is 0.157. The van der Waals surface area contributed by atoms with E-state index in [1.807, 2.05) is 6.92 Å². The minimum absolute atomic E-state index is 0.374. The van der Waals surface area contributed by atoms with Crippen molar-refractivity contribution in [1.29, 1.82) is 0 Å². The van der Waals surface area contributed by atoms with Crippen molar-refractivity contribution in [3.05, 3.63) is 10.0 Å². The number of aromatic nitrogens is 2. The second-order valence-electron chi connectivity index (χ2n) is 1.63. The van der Waals surface area contributed by atoms with Crippen LogP contribution in [0.1, 0.15) is 10.0 Å². The van der Waals surface area contributed by atoms with E-state index in [2.05, 4.69) is 22.0 Å². The normalized spacial score (nSPS) is 8.60. The molecule has 3 nitrogen and oxygen atoms in total. The summed E-state index contributed by atoms with van der Waals surface area (Å²) in [6.07, 6.45) is 0. The van der Waals surface area contributed by atoms with Crippen molar-refractivity contribution < 1.29 is 0 Å². The van der Waals surface area contributed by atoms with Gasteiger partial charge in [0, 0.05) is 0 Å². The Morgan fingerprint density at radius 3 is 2.90 bits per heavy atom. The SMILES string of the molecule is Cc1nnc(C#CCN)s1. The van der Waals surface area contributed by atoms with E-state index >= 15 is 0 Å². The summed E-state index contributed by atoms with van der Waals surface area (Å²) in [6, 6.07) is 0. The maximum Gasteiger partial charge on any atom is 0.191 e. The van der Waals surface area contributed by atoms with Gasteiger partial charge in [-0.3, -0.25) is 0 Å². The molecule has 0 unspecified atom stereocenters. The molecule has 0 atom stereocenters. The average Bonchev–Trinajstić information content (AvgIpc) is 2.31. The third-order valence-corrected chi connectivity index (χ3v) is 1.58. The van der Waals surface area contributed by atoms with Gasteiger partial charge in [-0.1, -0.05) is 17.3 Å². The van der Waals surface area contributed by atoms with Crippen molar-refractivity contribution >= 4 is 11.3 Å². The van der Waals surface area contributed by atoms with Crippen LogP contribution in [0.5, 0.6) is 0 Å². The van der Waals surface area contributed by atoms with Gasteiger partial charge in [0.15, 0.2) is 5.01 Å². The lowest BCUT2D eigenvalue weighted by molar-refractivity contribution is 1.04. The van der Waals surface area contributed by atoms with E-state index in [0.29, 0.717) is 6.54 Å². The second kappa shape index (κ2) is 3.30. The summed E-state index contributed by atoms with van der Waals surface area (Å²) in [5.74, 6) is 5.50. The largest absolute Gasteiger partial charge is 0.320 e. The molecule has 2 N–H and O–H groups in total. The molecule has 1 aromatic heterocycles. The van der Waals surface area contributed by atoms with Crippen molar-refractivity contribution in [3.8, 4) is 11.8 Å². The molecule has 1 rings (SSSR count). The van der Waals surface area contributed by atoms with Crippen LogP contribution in [0.25, 0.3) is 0 Å². The lowest BCUT2D eigenvalue weighted by Crippen LogP contribution is -1.92. The van der Waals surface area contributed by atoms with E-state index in [-0.39, 0.29) is 0 Å². The van der Waals surface area contributed by atoms with Crippen LogP contribution >= 0.6 is 11.3 Å². The maximum absolute atomic E-state index is 5.17. The van der Waals surface area contributed by atoms with Gasteiger partial charge in [-0.25, -0.2) is 0 Å². The Morgan fingerprint density at radius 1 is 1.60 bits per heavy atom. The third kappa shape index (κ3) is 1.79. The molecule has 0 radical (unpaired) electrons. The first kappa shape index (κ1) is 7.19. The zero-order valence-corrected chi connectivity index (χ0v) is 6.40. The molecule has 1 heterocycles. The van der Waals surface area contributed by atoms with Gasteiger partial charge in [0.05, 0.1) is 6.54 Å². The van der Waals surface area contributed by atoms with Crippen molar-refractivity contribution in [2.24, 2.45) is 5.73 Å². The minimum Gasteiger partial charge on any atom is -0.320 e. The molecule has 0 fully saturated rings. The molecule has 0 bridgehead atoms. The number of nitrogens with zero attached hydrogens (tertiary/aromatic N) is 2. The molecule has 0 saturated heterocycles. The highest BCUT2D eigenvalue weighted by atomic mass is 32.1. The van der Waals surface area contributed by atoms with Crippen LogP contribution in [-0.4, -0.2) is 16.7 Å². The van der Waals surface area contributed by atoms with Gasteiger partial charge in [-0.2, -0.15) is 0 Å². The molecular weight excluding hydrogens is 146 g/mol. The lowest BCUT2D eigenvalue weighted by Gasteiger charge is -1.70. The predicted molar refractivity (Wildman–Crippen MR) is 40.6 cm³/mol. The number of hydrogen-bond donors (Lipinski definition) is 1. The molecule has 0 amide bonds. The Balaban J connectivity index is 2.76. The quantitative estimate of drug-likeness (QED) is 0.540. The summed E-state index contributed by atoms with van der Waals surface area (Å²) >= 11 is 1.48. The lowest BCUT2D eigenvalue weighted by atomic mass is 10.6. The van der Waals surface area contributed by atoms with Gasteiger partial charge in [0.25, 0.3) is 0 Å². The van der Waals surface area contributed by atoms with E-state index in [0.717, 1.165) is 10.0 Å². The first-order valence-corrected chi connectivity index (χ1v) is 3.63. The summed E-state index contributed by atoms with van der Waals surface area (Å²) in [5.41, 5.74) is 5.17. The Labute approximate surface area is 63.3 Å². The molecule has 0 aliphatic rings. The van der Waals surface area contributed by atoms with Gasteiger partial charge >= 0.3 is 0 Å². The number of rotatable bonds is 0. The molecule has 0 aliphatic carbocycles. The zero-order valence-electron chi connectivity index (χ0n) is 5.59. The highest BCUT2D eigenvalue weighted by Crippen LogP contribution is 2.04. The molecule has 52 valence electrons. The smallest absolute Gasteiger partial charge is 0.191 e. The molecule has 1 aromatic rings. The van der Waals surface area contributed by atoms with Gasteiger partial charge in [0.1, 0.15) is 5.01 Å². The van der Waals surface area contributed by atoms with E-state index in [1.54, 1.807) is 0 Å². The highest BCUT2D eigenvalue weighted by molar-refractivity contribution is 7.11. The molecule has 10 heavy (non-hydrogen) atoms. The van der Waals surface area contributed by atoms with Crippen LogP contribution in [0.4, 0.5) is 0 Å². The van der Waals surface area contributed by atoms with Crippen LogP contribution in [-0.2, 0) is 0 Å². The Kier molecular flexibility index (Phi) is 2.37. The van der Waals surface area contributed by atoms with Crippen molar-refractivity contribution in [2.45, 2.75) is 6.92 Å². The number of hydrogen-bond acceptors (Lipinski definition) is 4. The summed E-state index contributed by atoms with van der Waals surface area (Å²) in [7, 11) is 0. The van der Waals surface area contributed by atoms with E-state index < -0.39 is 0 Å². The summed E-state index contributed by atoms with van der Waals surface area (Å²) in [5, 5.41) is 9.26. The molecule has 0 spiro atoms. The molecular formula is C6H7N3S. The van der Waals surface area contributed by atoms with Crippen molar-refractivity contribution in [1.82, 2.24) is 10.2 Å². The summed E-state index contributed by atoms with van der Waals surface area (Å²) in [4.78, 5) is 0. The summed E-state index contributed by atoms with van der Waals surface area (Å²) < 4.78 is 0. The molecule has 0 aromatic carbocycles. The number of aryl methyl sites for hydroxylation is 1. The topological polar surface area (TPSA) is 51.8 Å². The standard InChI is InChI=1S/C6H7N3S/c1-5-8-9-6(10-5)3-2-4-7/h4,7H2,1H3. The molecule has 0 aliphatic heterocycles. The van der Waals surface area contributed by atoms with Gasteiger partial charge in [-0.05, 0) is 12.8 Å². The average molecular weight is 153 g/mol. The zero-order chi connectivity index (χ0) is 7.40. The Hall–Kier alpha value is -0.920. The highest BCUT2D eigenvalue weighted by Gasteiger charge is 1.92. The van der Waals surface area contributed by atoms with Crippen LogP contribution < -0.4 is 5.73 Å². The van der Waals surface area contributed by atoms with Crippen molar-refractivity contribution in [2.75, 3.05) is 6.54 Å². The fourth-order valence-electron chi connectivity index (χ4n) is 0.474. The molecule has 4 heteroatoms. The first-order chi connectivity index (χ1) is 4.83. The summed E-state index contributed by atoms with van der Waals surface area (Å²) in [6.45, 7) is 2.27. The van der Waals surface area contributed by atoms with Gasteiger partial charge < -0.3 is 5.73 Å². The first-order valence-electron chi connectivity index (χ1n) is 2.82. The third-order valence-electron chi connectivity index (χ3n) is 0.823. The second-order valence-corrected chi connectivity index (χ2v) is 2.81. The number of nitrogens with two attached hydrogens (primary N) is 1.